The van der Waals surface area contributed by atoms with E-state index < -0.39 is 11.9 Å². The van der Waals surface area contributed by atoms with Crippen LogP contribution in [-0.4, -0.2) is 42.1 Å². The fourth-order valence-corrected chi connectivity index (χ4v) is 6.07. The predicted molar refractivity (Wildman–Crippen MR) is 164 cm³/mol. The first-order valence-corrected chi connectivity index (χ1v) is 14.1. The molecular formula is C33H36N4O4. The van der Waals surface area contributed by atoms with Gasteiger partial charge in [-0.3, -0.25) is 4.79 Å². The molecule has 8 nitrogen and oxygen atoms in total. The van der Waals surface area contributed by atoms with E-state index in [1.165, 1.54) is 16.7 Å². The minimum atomic E-state index is -1.15. The molecule has 3 aromatic heterocycles. The van der Waals surface area contributed by atoms with Gasteiger partial charge < -0.3 is 20.2 Å². The molecule has 41 heavy (non-hydrogen) atoms. The number of hydrogen-bond donors (Lipinski definition) is 4. The number of nitrogens with one attached hydrogen (secondary N) is 2. The van der Waals surface area contributed by atoms with Crippen molar-refractivity contribution < 1.29 is 19.8 Å². The number of aromatic nitrogens is 4. The number of H-pyrrole nitrogens is 2. The maximum Gasteiger partial charge on any atom is 0.340 e. The Morgan fingerprint density at radius 2 is 1.22 bits per heavy atom. The molecule has 0 fully saturated rings. The molecule has 0 aliphatic carbocycles. The predicted octanol–water partition coefficient (Wildman–Crippen LogP) is 7.50. The number of aliphatic carboxylic acids is 1. The zero-order chi connectivity index (χ0) is 29.7. The molecule has 2 aliphatic rings. The zero-order valence-corrected chi connectivity index (χ0v) is 24.7. The molecule has 0 radical (unpaired) electrons. The summed E-state index contributed by atoms with van der Waals surface area (Å²) in [5.41, 5.74) is 13.5. The van der Waals surface area contributed by atoms with Crippen LogP contribution in [0.5, 0.6) is 0 Å². The SMILES string of the molecule is CCc1c(C)c2cc3[nH]c(cc4nc(c(C(=O)O)c5nc(cc1[nH]2)C(C)=C5C)C(CCC(=O)O)=C4C)c(C)c3CC. The van der Waals surface area contributed by atoms with Gasteiger partial charge in [0.1, 0.15) is 5.56 Å². The van der Waals surface area contributed by atoms with E-state index in [-0.39, 0.29) is 24.1 Å². The summed E-state index contributed by atoms with van der Waals surface area (Å²) < 4.78 is 0. The van der Waals surface area contributed by atoms with Gasteiger partial charge in [-0.1, -0.05) is 13.8 Å². The van der Waals surface area contributed by atoms with Crippen LogP contribution in [0.4, 0.5) is 0 Å². The van der Waals surface area contributed by atoms with Crippen molar-refractivity contribution in [2.24, 2.45) is 0 Å². The number of carbonyl (C=O) groups is 2. The summed E-state index contributed by atoms with van der Waals surface area (Å²) in [5.74, 6) is -2.10. The van der Waals surface area contributed by atoms with E-state index in [9.17, 15) is 19.8 Å². The van der Waals surface area contributed by atoms with Crippen molar-refractivity contribution >= 4 is 56.3 Å². The summed E-state index contributed by atoms with van der Waals surface area (Å²) in [4.78, 5) is 41.3. The van der Waals surface area contributed by atoms with E-state index in [0.717, 1.165) is 57.2 Å². The second-order valence-electron chi connectivity index (χ2n) is 10.9. The Morgan fingerprint density at radius 1 is 0.707 bits per heavy atom. The van der Waals surface area contributed by atoms with Crippen LogP contribution in [-0.2, 0) is 17.6 Å². The molecule has 0 amide bonds. The highest BCUT2D eigenvalue weighted by Crippen LogP contribution is 2.39. The monoisotopic (exact) mass is 552 g/mol. The Balaban J connectivity index is 2.03. The van der Waals surface area contributed by atoms with Crippen LogP contribution in [0.15, 0.2) is 18.2 Å². The molecule has 8 heteroatoms. The van der Waals surface area contributed by atoms with Crippen molar-refractivity contribution in [3.63, 3.8) is 0 Å². The third kappa shape index (κ3) is 4.67. The lowest BCUT2D eigenvalue weighted by atomic mass is 9.96. The third-order valence-corrected chi connectivity index (χ3v) is 8.63. The number of fused-ring (bicyclic) bond motifs is 8. The first-order chi connectivity index (χ1) is 19.5. The van der Waals surface area contributed by atoms with Crippen LogP contribution >= 0.6 is 0 Å². The molecular weight excluding hydrogens is 516 g/mol. The molecule has 0 unspecified atom stereocenters. The van der Waals surface area contributed by atoms with Crippen molar-refractivity contribution in [1.29, 1.82) is 0 Å². The number of rotatable bonds is 6. The lowest BCUT2D eigenvalue weighted by Crippen LogP contribution is -2.07. The number of carboxylic acid groups (broad SMARTS) is 2. The lowest BCUT2D eigenvalue weighted by molar-refractivity contribution is -0.136. The van der Waals surface area contributed by atoms with Crippen LogP contribution in [0.1, 0.15) is 103 Å². The van der Waals surface area contributed by atoms with Crippen molar-refractivity contribution in [2.75, 3.05) is 0 Å². The molecule has 212 valence electrons. The number of aromatic amines is 2. The normalized spacial score (nSPS) is 13.3. The summed E-state index contributed by atoms with van der Waals surface area (Å²) in [5, 5.41) is 20.0. The van der Waals surface area contributed by atoms with Gasteiger partial charge in [-0.15, -0.1) is 0 Å². The van der Waals surface area contributed by atoms with Crippen LogP contribution < -0.4 is 0 Å². The molecule has 0 saturated heterocycles. The van der Waals surface area contributed by atoms with E-state index in [4.69, 9.17) is 9.97 Å². The summed E-state index contributed by atoms with van der Waals surface area (Å²) >= 11 is 0. The van der Waals surface area contributed by atoms with Crippen LogP contribution in [0, 0.1) is 13.8 Å². The fraction of sp³-hybridized carbons (Fsp3) is 0.333. The molecule has 0 spiro atoms. The highest BCUT2D eigenvalue weighted by atomic mass is 16.4. The van der Waals surface area contributed by atoms with Gasteiger partial charge in [-0.2, -0.15) is 0 Å². The molecule has 5 rings (SSSR count). The average molecular weight is 553 g/mol. The molecule has 2 aliphatic heterocycles. The minimum Gasteiger partial charge on any atom is -0.481 e. The first-order valence-electron chi connectivity index (χ1n) is 14.1. The average Bonchev–Trinajstić information content (AvgIpc) is 3.57. The van der Waals surface area contributed by atoms with Gasteiger partial charge in [0.25, 0.3) is 0 Å². The number of allylic oxidation sites excluding steroid dienone is 4. The van der Waals surface area contributed by atoms with Crippen LogP contribution in [0.25, 0.3) is 44.4 Å². The highest BCUT2D eigenvalue weighted by molar-refractivity contribution is 6.06. The van der Waals surface area contributed by atoms with Crippen LogP contribution in [0.2, 0.25) is 0 Å². The van der Waals surface area contributed by atoms with Gasteiger partial charge in [-0.25, -0.2) is 14.8 Å². The highest BCUT2D eigenvalue weighted by Gasteiger charge is 2.29. The standard InChI is InChI=1S/C33H36N4O4/c1-8-20-17(5)24-12-26-19(7)22(10-11-29(38)39)32(37-26)30(33(40)41)31-16(4)15(3)23(36-31)13-27-21(9-2)18(6)25(35-27)14-28(20)34-24/h12-14,34-35H,8-11H2,1-7H3,(H,38,39)(H,40,41). The maximum absolute atomic E-state index is 12.9. The second kappa shape index (κ2) is 10.5. The van der Waals surface area contributed by atoms with Gasteiger partial charge in [-0.05, 0) is 117 Å². The number of hydrogen-bond acceptors (Lipinski definition) is 4. The molecule has 4 N–H and O–H groups in total. The maximum atomic E-state index is 12.9. The molecule has 5 heterocycles. The van der Waals surface area contributed by atoms with E-state index in [0.29, 0.717) is 22.7 Å². The lowest BCUT2D eigenvalue weighted by Gasteiger charge is -2.07. The van der Waals surface area contributed by atoms with E-state index in [2.05, 4.69) is 43.7 Å². The molecule has 0 saturated carbocycles. The van der Waals surface area contributed by atoms with Crippen molar-refractivity contribution in [2.45, 2.75) is 74.1 Å². The van der Waals surface area contributed by atoms with Crippen LogP contribution in [0.3, 0.4) is 0 Å². The Morgan fingerprint density at radius 3 is 1.78 bits per heavy atom. The molecule has 8 bridgehead atoms. The van der Waals surface area contributed by atoms with E-state index in [1.54, 1.807) is 0 Å². The van der Waals surface area contributed by atoms with E-state index >= 15 is 0 Å². The Labute approximate surface area is 238 Å². The molecule has 0 aromatic carbocycles. The summed E-state index contributed by atoms with van der Waals surface area (Å²) in [7, 11) is 0. The smallest absolute Gasteiger partial charge is 0.340 e. The topological polar surface area (TPSA) is 132 Å². The van der Waals surface area contributed by atoms with Crippen molar-refractivity contribution in [1.82, 2.24) is 19.9 Å². The summed E-state index contributed by atoms with van der Waals surface area (Å²) in [6.45, 7) is 14.2. The molecule has 3 aromatic rings. The van der Waals surface area contributed by atoms with Gasteiger partial charge in [0, 0.05) is 28.5 Å². The van der Waals surface area contributed by atoms with Gasteiger partial charge in [0.05, 0.1) is 22.8 Å². The first kappa shape index (κ1) is 28.1. The second-order valence-corrected chi connectivity index (χ2v) is 10.9. The van der Waals surface area contributed by atoms with Crippen molar-refractivity contribution in [3.8, 4) is 0 Å². The van der Waals surface area contributed by atoms with Gasteiger partial charge in [0.15, 0.2) is 0 Å². The number of carboxylic acids is 2. The number of aromatic carboxylic acids is 1. The van der Waals surface area contributed by atoms with E-state index in [1.807, 2.05) is 32.9 Å². The Kier molecular flexibility index (Phi) is 7.19. The summed E-state index contributed by atoms with van der Waals surface area (Å²) in [6.07, 6.45) is 1.69. The third-order valence-electron chi connectivity index (χ3n) is 8.63. The Bertz CT molecular complexity index is 1870. The van der Waals surface area contributed by atoms with Gasteiger partial charge >= 0.3 is 11.9 Å². The quantitative estimate of drug-likeness (QED) is 0.250. The minimum absolute atomic E-state index is 0.00831. The largest absolute Gasteiger partial charge is 0.481 e. The van der Waals surface area contributed by atoms with Crippen molar-refractivity contribution in [3.05, 3.63) is 68.8 Å². The summed E-state index contributed by atoms with van der Waals surface area (Å²) in [6, 6.07) is 6.11. The number of aryl methyl sites for hydroxylation is 4. The van der Waals surface area contributed by atoms with Gasteiger partial charge in [0.2, 0.25) is 0 Å². The Hall–Kier alpha value is -4.46. The number of nitrogens with zero attached hydrogens (tertiary/aromatic N) is 2. The molecule has 0 atom stereocenters. The zero-order valence-electron chi connectivity index (χ0n) is 24.7. The fourth-order valence-electron chi connectivity index (χ4n) is 6.07.